The number of anilines is 1. The molecular formula is C18H19ClN2O3. The van der Waals surface area contributed by atoms with Crippen LogP contribution in [0.5, 0.6) is 11.5 Å². The summed E-state index contributed by atoms with van der Waals surface area (Å²) >= 11 is 6.10. The highest BCUT2D eigenvalue weighted by molar-refractivity contribution is 6.32. The molecule has 0 saturated heterocycles. The number of nitrogens with zero attached hydrogens (tertiary/aromatic N) is 1. The first kappa shape index (κ1) is 16.5. The molecule has 1 amide bonds. The lowest BCUT2D eigenvalue weighted by Gasteiger charge is -2.35. The molecule has 0 saturated carbocycles. The molecule has 1 atom stereocenters. The van der Waals surface area contributed by atoms with E-state index in [1.807, 2.05) is 42.5 Å². The molecule has 0 radical (unpaired) electrons. The Bertz CT molecular complexity index is 723. The Morgan fingerprint density at radius 2 is 2.04 bits per heavy atom. The van der Waals surface area contributed by atoms with Crippen LogP contribution in [0.1, 0.15) is 0 Å². The molecule has 6 heteroatoms. The van der Waals surface area contributed by atoms with Crippen LogP contribution in [0.2, 0.25) is 5.02 Å². The Morgan fingerprint density at radius 1 is 1.29 bits per heavy atom. The van der Waals surface area contributed by atoms with Crippen LogP contribution in [0.4, 0.5) is 5.69 Å². The topological polar surface area (TPSA) is 50.8 Å². The van der Waals surface area contributed by atoms with Crippen molar-refractivity contribution in [1.29, 1.82) is 0 Å². The second kappa shape index (κ2) is 7.45. The zero-order valence-corrected chi connectivity index (χ0v) is 14.1. The standard InChI is InChI=1S/C18H19ClN2O3/c1-20-18(22)17-12-21(14-7-3-5-9-16(14)24-17)10-11-23-15-8-4-2-6-13(15)19/h2-9,17H,10-12H2,1H3,(H,20,22)/t17-/m1/s1. The number of ether oxygens (including phenoxy) is 2. The molecule has 1 aliphatic rings. The van der Waals surface area contributed by atoms with Gasteiger partial charge in [-0.15, -0.1) is 0 Å². The van der Waals surface area contributed by atoms with E-state index in [9.17, 15) is 4.79 Å². The number of hydrogen-bond acceptors (Lipinski definition) is 4. The fourth-order valence-corrected chi connectivity index (χ4v) is 2.83. The van der Waals surface area contributed by atoms with Crippen molar-refractivity contribution in [3.63, 3.8) is 0 Å². The molecule has 3 rings (SSSR count). The fourth-order valence-electron chi connectivity index (χ4n) is 2.64. The number of nitrogens with one attached hydrogen (secondary N) is 1. The monoisotopic (exact) mass is 346 g/mol. The highest BCUT2D eigenvalue weighted by Gasteiger charge is 2.29. The second-order valence-corrected chi connectivity index (χ2v) is 5.82. The van der Waals surface area contributed by atoms with Gasteiger partial charge in [0.15, 0.2) is 6.10 Å². The first-order valence-corrected chi connectivity index (χ1v) is 8.16. The number of carbonyl (C=O) groups is 1. The number of carbonyl (C=O) groups excluding carboxylic acids is 1. The molecule has 2 aromatic carbocycles. The third-order valence-electron chi connectivity index (χ3n) is 3.86. The van der Waals surface area contributed by atoms with Crippen molar-refractivity contribution in [3.8, 4) is 11.5 Å². The van der Waals surface area contributed by atoms with E-state index in [-0.39, 0.29) is 5.91 Å². The number of benzene rings is 2. The van der Waals surface area contributed by atoms with Gasteiger partial charge in [-0.2, -0.15) is 0 Å². The summed E-state index contributed by atoms with van der Waals surface area (Å²) in [5.41, 5.74) is 0.959. The second-order valence-electron chi connectivity index (χ2n) is 5.41. The van der Waals surface area contributed by atoms with Crippen molar-refractivity contribution in [2.75, 3.05) is 31.6 Å². The molecule has 1 aliphatic heterocycles. The van der Waals surface area contributed by atoms with Crippen molar-refractivity contribution >= 4 is 23.2 Å². The van der Waals surface area contributed by atoms with Gasteiger partial charge in [-0.1, -0.05) is 35.9 Å². The van der Waals surface area contributed by atoms with Crippen molar-refractivity contribution in [1.82, 2.24) is 5.32 Å². The van der Waals surface area contributed by atoms with Crippen LogP contribution in [0, 0.1) is 0 Å². The molecule has 0 aliphatic carbocycles. The van der Waals surface area contributed by atoms with Gasteiger partial charge in [0.25, 0.3) is 5.91 Å². The summed E-state index contributed by atoms with van der Waals surface area (Å²) in [5.74, 6) is 1.22. The van der Waals surface area contributed by atoms with Crippen LogP contribution in [0.3, 0.4) is 0 Å². The van der Waals surface area contributed by atoms with Crippen LogP contribution >= 0.6 is 11.6 Å². The Kier molecular flexibility index (Phi) is 5.11. The minimum Gasteiger partial charge on any atom is -0.490 e. The third-order valence-corrected chi connectivity index (χ3v) is 4.17. The van der Waals surface area contributed by atoms with Crippen molar-refractivity contribution < 1.29 is 14.3 Å². The third kappa shape index (κ3) is 3.57. The summed E-state index contributed by atoms with van der Waals surface area (Å²) in [5, 5.41) is 3.22. The number of hydrogen-bond donors (Lipinski definition) is 1. The summed E-state index contributed by atoms with van der Waals surface area (Å²) in [7, 11) is 1.61. The van der Waals surface area contributed by atoms with E-state index >= 15 is 0 Å². The lowest BCUT2D eigenvalue weighted by atomic mass is 10.2. The first-order chi connectivity index (χ1) is 11.7. The minimum atomic E-state index is -0.537. The van der Waals surface area contributed by atoms with Gasteiger partial charge in [0.1, 0.15) is 18.1 Å². The van der Waals surface area contributed by atoms with Gasteiger partial charge in [-0.25, -0.2) is 0 Å². The Hall–Kier alpha value is -2.40. The molecule has 0 spiro atoms. The quantitative estimate of drug-likeness (QED) is 0.904. The molecule has 24 heavy (non-hydrogen) atoms. The summed E-state index contributed by atoms with van der Waals surface area (Å²) in [6.07, 6.45) is -0.537. The lowest BCUT2D eigenvalue weighted by molar-refractivity contribution is -0.127. The maximum atomic E-state index is 12.0. The number of fused-ring (bicyclic) bond motifs is 1. The van der Waals surface area contributed by atoms with E-state index in [4.69, 9.17) is 21.1 Å². The Labute approximate surface area is 146 Å². The van der Waals surface area contributed by atoms with Crippen LogP contribution in [-0.4, -0.2) is 38.8 Å². The average molecular weight is 347 g/mol. The van der Waals surface area contributed by atoms with Crippen molar-refractivity contribution in [3.05, 3.63) is 53.6 Å². The van der Waals surface area contributed by atoms with Crippen molar-refractivity contribution in [2.45, 2.75) is 6.10 Å². The number of likely N-dealkylation sites (N-methyl/N-ethyl adjacent to an activating group) is 1. The number of halogens is 1. The molecule has 1 heterocycles. The van der Waals surface area contributed by atoms with Gasteiger partial charge in [-0.05, 0) is 24.3 Å². The van der Waals surface area contributed by atoms with Gasteiger partial charge in [0, 0.05) is 7.05 Å². The zero-order valence-electron chi connectivity index (χ0n) is 13.4. The number of para-hydroxylation sites is 3. The molecule has 126 valence electrons. The SMILES string of the molecule is CNC(=O)[C@H]1CN(CCOc2ccccc2Cl)c2ccccc2O1. The van der Waals surface area contributed by atoms with E-state index < -0.39 is 6.10 Å². The molecule has 5 nitrogen and oxygen atoms in total. The normalized spacial score (nSPS) is 16.1. The summed E-state index contributed by atoms with van der Waals surface area (Å²) in [6, 6.07) is 15.1. The maximum absolute atomic E-state index is 12.0. The number of amides is 1. The predicted octanol–water partition coefficient (Wildman–Crippen LogP) is 2.73. The van der Waals surface area contributed by atoms with Gasteiger partial charge in [0.2, 0.25) is 0 Å². The summed E-state index contributed by atoms with van der Waals surface area (Å²) in [4.78, 5) is 14.0. The largest absolute Gasteiger partial charge is 0.490 e. The van der Waals surface area contributed by atoms with E-state index in [0.717, 1.165) is 5.69 Å². The van der Waals surface area contributed by atoms with Gasteiger partial charge >= 0.3 is 0 Å². The minimum absolute atomic E-state index is 0.137. The average Bonchev–Trinajstić information content (AvgIpc) is 2.62. The smallest absolute Gasteiger partial charge is 0.262 e. The van der Waals surface area contributed by atoms with Crippen LogP contribution in [0.25, 0.3) is 0 Å². The van der Waals surface area contributed by atoms with Gasteiger partial charge < -0.3 is 19.7 Å². The molecule has 1 N–H and O–H groups in total. The highest BCUT2D eigenvalue weighted by atomic mass is 35.5. The van der Waals surface area contributed by atoms with Crippen molar-refractivity contribution in [2.24, 2.45) is 0 Å². The summed E-state index contributed by atoms with van der Waals surface area (Å²) < 4.78 is 11.5. The summed E-state index contributed by atoms with van der Waals surface area (Å²) in [6.45, 7) is 1.56. The Balaban J connectivity index is 1.69. The van der Waals surface area contributed by atoms with Gasteiger partial charge in [0.05, 0.1) is 23.8 Å². The van der Waals surface area contributed by atoms with E-state index in [0.29, 0.717) is 36.2 Å². The van der Waals surface area contributed by atoms with Crippen LogP contribution in [0.15, 0.2) is 48.5 Å². The lowest BCUT2D eigenvalue weighted by Crippen LogP contribution is -2.49. The Morgan fingerprint density at radius 3 is 2.83 bits per heavy atom. The zero-order chi connectivity index (χ0) is 16.9. The predicted molar refractivity (Wildman–Crippen MR) is 94.1 cm³/mol. The highest BCUT2D eigenvalue weighted by Crippen LogP contribution is 2.33. The van der Waals surface area contributed by atoms with Crippen LogP contribution in [-0.2, 0) is 4.79 Å². The first-order valence-electron chi connectivity index (χ1n) is 7.78. The van der Waals surface area contributed by atoms with E-state index in [1.54, 1.807) is 13.1 Å². The molecule has 0 unspecified atom stereocenters. The fraction of sp³-hybridized carbons (Fsp3) is 0.278. The van der Waals surface area contributed by atoms with E-state index in [2.05, 4.69) is 10.2 Å². The van der Waals surface area contributed by atoms with Gasteiger partial charge in [-0.3, -0.25) is 4.79 Å². The molecular weight excluding hydrogens is 328 g/mol. The molecule has 0 aromatic heterocycles. The van der Waals surface area contributed by atoms with Crippen LogP contribution < -0.4 is 19.7 Å². The molecule has 0 bridgehead atoms. The number of rotatable bonds is 5. The maximum Gasteiger partial charge on any atom is 0.262 e. The molecule has 0 fully saturated rings. The van der Waals surface area contributed by atoms with E-state index in [1.165, 1.54) is 0 Å². The molecule has 2 aromatic rings.